The van der Waals surface area contributed by atoms with E-state index in [0.29, 0.717) is 0 Å². The van der Waals surface area contributed by atoms with Crippen LogP contribution in [0.1, 0.15) is 50.9 Å². The van der Waals surface area contributed by atoms with E-state index in [2.05, 4.69) is 0 Å². The molecule has 1 aliphatic rings. The predicted molar refractivity (Wildman–Crippen MR) is 63.2 cm³/mol. The molecule has 5 heteroatoms. The molecule has 0 saturated carbocycles. The molecule has 1 aromatic heterocycles. The number of aromatic hydroxyl groups is 1. The molecular formula is C14H9FO4. The molecule has 0 spiro atoms. The fourth-order valence-corrected chi connectivity index (χ4v) is 2.17. The summed E-state index contributed by atoms with van der Waals surface area (Å²) in [6.07, 6.45) is -1.41. The first-order chi connectivity index (χ1) is 9.00. The van der Waals surface area contributed by atoms with Crippen molar-refractivity contribution in [2.75, 3.05) is 0 Å². The molecule has 2 aromatic rings. The second-order valence-corrected chi connectivity index (χ2v) is 4.37. The Hall–Kier alpha value is -2.43. The van der Waals surface area contributed by atoms with Gasteiger partial charge >= 0.3 is 0 Å². The van der Waals surface area contributed by atoms with E-state index in [9.17, 15) is 19.1 Å². The van der Waals surface area contributed by atoms with E-state index in [0.717, 1.165) is 0 Å². The number of phenolic OH excluding ortho intramolecular Hbond substituents is 1. The number of rotatable bonds is 1. The molecule has 1 aliphatic carbocycles. The van der Waals surface area contributed by atoms with Crippen molar-refractivity contribution in [1.82, 2.24) is 0 Å². The number of hydrogen-bond acceptors (Lipinski definition) is 4. The number of hydrogen-bond donors (Lipinski definition) is 1. The molecule has 1 aromatic carbocycles. The van der Waals surface area contributed by atoms with Crippen LogP contribution in [0.15, 0.2) is 28.7 Å². The number of ketones is 2. The maximum atomic E-state index is 13.2. The molecule has 1 unspecified atom stereocenters. The number of furan rings is 1. The van der Waals surface area contributed by atoms with Crippen molar-refractivity contribution in [1.29, 1.82) is 0 Å². The van der Waals surface area contributed by atoms with Gasteiger partial charge in [-0.25, -0.2) is 4.39 Å². The summed E-state index contributed by atoms with van der Waals surface area (Å²) >= 11 is 0. The van der Waals surface area contributed by atoms with Gasteiger partial charge in [-0.3, -0.25) is 9.59 Å². The van der Waals surface area contributed by atoms with Crippen LogP contribution in [0.4, 0.5) is 4.39 Å². The fourth-order valence-electron chi connectivity index (χ4n) is 2.17. The van der Waals surface area contributed by atoms with Crippen molar-refractivity contribution < 1.29 is 23.5 Å². The third-order valence-corrected chi connectivity index (χ3v) is 3.11. The molecule has 0 bridgehead atoms. The van der Waals surface area contributed by atoms with Crippen molar-refractivity contribution in [3.8, 4) is 5.75 Å². The smallest absolute Gasteiger partial charge is 0.229 e. The Morgan fingerprint density at radius 1 is 1.21 bits per heavy atom. The Bertz CT molecular complexity index is 712. The molecular weight excluding hydrogens is 251 g/mol. The highest BCUT2D eigenvalue weighted by Gasteiger charge is 2.36. The largest absolute Gasteiger partial charge is 0.507 e. The SMILES string of the molecule is CC(F)c1cc2c(o1)C(=O)c1cccc(O)c1C2=O. The van der Waals surface area contributed by atoms with Gasteiger partial charge in [-0.05, 0) is 25.1 Å². The van der Waals surface area contributed by atoms with E-state index in [-0.39, 0.29) is 34.0 Å². The quantitative estimate of drug-likeness (QED) is 0.730. The number of carbonyl (C=O) groups is 2. The number of halogens is 1. The summed E-state index contributed by atoms with van der Waals surface area (Å²) in [5.74, 6) is -1.55. The van der Waals surface area contributed by atoms with Crippen LogP contribution in [0, 0.1) is 0 Å². The number of alkyl halides is 1. The van der Waals surface area contributed by atoms with Gasteiger partial charge in [0.1, 0.15) is 11.5 Å². The zero-order valence-electron chi connectivity index (χ0n) is 9.94. The van der Waals surface area contributed by atoms with Gasteiger partial charge in [0.15, 0.2) is 11.9 Å². The molecule has 0 saturated heterocycles. The molecule has 1 heterocycles. The molecule has 0 radical (unpaired) electrons. The van der Waals surface area contributed by atoms with Crippen molar-refractivity contribution in [2.24, 2.45) is 0 Å². The average molecular weight is 260 g/mol. The van der Waals surface area contributed by atoms with Crippen LogP contribution >= 0.6 is 0 Å². The second-order valence-electron chi connectivity index (χ2n) is 4.37. The Morgan fingerprint density at radius 2 is 1.95 bits per heavy atom. The average Bonchev–Trinajstić information content (AvgIpc) is 2.81. The highest BCUT2D eigenvalue weighted by Crippen LogP contribution is 2.35. The summed E-state index contributed by atoms with van der Waals surface area (Å²) in [6.45, 7) is 1.25. The molecule has 19 heavy (non-hydrogen) atoms. The summed E-state index contributed by atoms with van der Waals surface area (Å²) in [4.78, 5) is 24.4. The second kappa shape index (κ2) is 3.78. The van der Waals surface area contributed by atoms with Crippen LogP contribution in [-0.4, -0.2) is 16.7 Å². The molecule has 0 fully saturated rings. The summed E-state index contributed by atoms with van der Waals surface area (Å²) < 4.78 is 18.3. The minimum absolute atomic E-state index is 0.00139. The third-order valence-electron chi connectivity index (χ3n) is 3.11. The number of phenols is 1. The first-order valence-electron chi connectivity index (χ1n) is 5.70. The van der Waals surface area contributed by atoms with E-state index >= 15 is 0 Å². The molecule has 0 aliphatic heterocycles. The highest BCUT2D eigenvalue weighted by atomic mass is 19.1. The molecule has 4 nitrogen and oxygen atoms in total. The minimum atomic E-state index is -1.41. The van der Waals surface area contributed by atoms with Crippen LogP contribution in [-0.2, 0) is 0 Å². The molecule has 1 atom stereocenters. The summed E-state index contributed by atoms with van der Waals surface area (Å²) in [5.41, 5.74) is 0.0160. The van der Waals surface area contributed by atoms with Crippen LogP contribution in [0.3, 0.4) is 0 Å². The van der Waals surface area contributed by atoms with Gasteiger partial charge < -0.3 is 9.52 Å². The lowest BCUT2D eigenvalue weighted by molar-refractivity contribution is 0.0955. The lowest BCUT2D eigenvalue weighted by Gasteiger charge is -2.13. The highest BCUT2D eigenvalue weighted by molar-refractivity contribution is 6.28. The van der Waals surface area contributed by atoms with Gasteiger partial charge in [-0.1, -0.05) is 6.07 Å². The Labute approximate surface area is 107 Å². The van der Waals surface area contributed by atoms with E-state index in [4.69, 9.17) is 4.42 Å². The van der Waals surface area contributed by atoms with E-state index in [1.807, 2.05) is 0 Å². The van der Waals surface area contributed by atoms with E-state index in [1.165, 1.54) is 31.2 Å². The molecule has 3 rings (SSSR count). The maximum absolute atomic E-state index is 13.2. The fraction of sp³-hybridized carbons (Fsp3) is 0.143. The predicted octanol–water partition coefficient (Wildman–Crippen LogP) is 2.79. The number of fused-ring (bicyclic) bond motifs is 2. The Kier molecular flexibility index (Phi) is 2.32. The first-order valence-corrected chi connectivity index (χ1v) is 5.70. The molecule has 1 N–H and O–H groups in total. The Morgan fingerprint density at radius 3 is 2.63 bits per heavy atom. The normalized spacial score (nSPS) is 15.1. The third kappa shape index (κ3) is 1.51. The topological polar surface area (TPSA) is 67.5 Å². The van der Waals surface area contributed by atoms with Gasteiger partial charge in [0.25, 0.3) is 0 Å². The van der Waals surface area contributed by atoms with Crippen molar-refractivity contribution in [2.45, 2.75) is 13.1 Å². The van der Waals surface area contributed by atoms with E-state index in [1.54, 1.807) is 0 Å². The molecule has 0 amide bonds. The zero-order chi connectivity index (χ0) is 13.7. The molecule has 96 valence electrons. The van der Waals surface area contributed by atoms with Crippen molar-refractivity contribution >= 4 is 11.6 Å². The lowest BCUT2D eigenvalue weighted by atomic mass is 9.88. The lowest BCUT2D eigenvalue weighted by Crippen LogP contribution is -2.19. The Balaban J connectivity index is 2.27. The van der Waals surface area contributed by atoms with Gasteiger partial charge in [-0.15, -0.1) is 0 Å². The number of carbonyl (C=O) groups excluding carboxylic acids is 2. The summed E-state index contributed by atoms with van der Waals surface area (Å²) in [7, 11) is 0. The minimum Gasteiger partial charge on any atom is -0.507 e. The standard InChI is InChI=1S/C14H9FO4/c1-6(15)10-5-8-12(17)11-7(3-2-4-9(11)16)13(18)14(8)19-10/h2-6,16H,1H3. The van der Waals surface area contributed by atoms with Crippen LogP contribution in [0.25, 0.3) is 0 Å². The van der Waals surface area contributed by atoms with Gasteiger partial charge in [0.2, 0.25) is 11.6 Å². The summed E-state index contributed by atoms with van der Waals surface area (Å²) in [6, 6.07) is 5.44. The van der Waals surface area contributed by atoms with Gasteiger partial charge in [0.05, 0.1) is 11.1 Å². The zero-order valence-corrected chi connectivity index (χ0v) is 9.94. The first kappa shape index (κ1) is 11.6. The number of benzene rings is 1. The summed E-state index contributed by atoms with van der Waals surface area (Å²) in [5, 5.41) is 9.71. The maximum Gasteiger partial charge on any atom is 0.229 e. The van der Waals surface area contributed by atoms with Crippen LogP contribution in [0.5, 0.6) is 5.75 Å². The van der Waals surface area contributed by atoms with Crippen molar-refractivity contribution in [3.05, 3.63) is 52.5 Å². The van der Waals surface area contributed by atoms with Gasteiger partial charge in [0, 0.05) is 5.56 Å². The van der Waals surface area contributed by atoms with E-state index < -0.39 is 17.7 Å². The monoisotopic (exact) mass is 260 g/mol. The van der Waals surface area contributed by atoms with Crippen LogP contribution in [0.2, 0.25) is 0 Å². The van der Waals surface area contributed by atoms with Crippen LogP contribution < -0.4 is 0 Å². The van der Waals surface area contributed by atoms with Crippen molar-refractivity contribution in [3.63, 3.8) is 0 Å². The van der Waals surface area contributed by atoms with Gasteiger partial charge in [-0.2, -0.15) is 0 Å².